The summed E-state index contributed by atoms with van der Waals surface area (Å²) in [5.74, 6) is 1.18. The zero-order valence-corrected chi connectivity index (χ0v) is 9.11. The first-order valence-corrected chi connectivity index (χ1v) is 5.30. The molecule has 0 aromatic heterocycles. The van der Waals surface area contributed by atoms with Crippen LogP contribution in [0.3, 0.4) is 0 Å². The molecule has 0 aliphatic carbocycles. The van der Waals surface area contributed by atoms with Gasteiger partial charge < -0.3 is 10.3 Å². The van der Waals surface area contributed by atoms with E-state index in [0.29, 0.717) is 18.1 Å². The predicted octanol–water partition coefficient (Wildman–Crippen LogP) is 1.41. The van der Waals surface area contributed by atoms with E-state index in [9.17, 15) is 0 Å². The van der Waals surface area contributed by atoms with E-state index in [1.807, 2.05) is 22.8 Å². The smallest absolute Gasteiger partial charge is 0.165 e. The summed E-state index contributed by atoms with van der Waals surface area (Å²) in [4.78, 5) is 12.4. The third-order valence-electron chi connectivity index (χ3n) is 2.63. The standard InChI is InChI=1S/C12H11N5/c13-11-10-12(15-7-14-10)17(8-16-11)6-9-4-2-1-3-5-9/h1-5,7-8H,6,13H2. The van der Waals surface area contributed by atoms with Crippen LogP contribution in [0.25, 0.3) is 11.5 Å². The molecule has 2 aliphatic rings. The molecule has 0 radical (unpaired) electrons. The van der Waals surface area contributed by atoms with Crippen molar-refractivity contribution in [2.45, 2.75) is 6.54 Å². The maximum Gasteiger partial charge on any atom is 0.165 e. The van der Waals surface area contributed by atoms with Gasteiger partial charge in [-0.25, -0.2) is 15.0 Å². The van der Waals surface area contributed by atoms with Crippen LogP contribution in [-0.2, 0) is 6.54 Å². The molecule has 0 unspecified atom stereocenters. The van der Waals surface area contributed by atoms with E-state index in [0.717, 1.165) is 5.82 Å². The van der Waals surface area contributed by atoms with Crippen molar-refractivity contribution in [3.63, 3.8) is 0 Å². The maximum atomic E-state index is 5.74. The summed E-state index contributed by atoms with van der Waals surface area (Å²) in [6.07, 6.45) is 3.20. The molecule has 0 atom stereocenters. The van der Waals surface area contributed by atoms with Crippen molar-refractivity contribution in [1.82, 2.24) is 19.5 Å². The van der Waals surface area contributed by atoms with Crippen molar-refractivity contribution < 1.29 is 0 Å². The SMILES string of the molecule is Nc1ncn(Cc2ccccc2)c2ncnc1-2. The van der Waals surface area contributed by atoms with Gasteiger partial charge in [0, 0.05) is 0 Å². The average molecular weight is 225 g/mol. The number of aromatic nitrogens is 4. The highest BCUT2D eigenvalue weighted by Gasteiger charge is 2.14. The molecular formula is C12H11N5. The fourth-order valence-corrected chi connectivity index (χ4v) is 1.79. The van der Waals surface area contributed by atoms with Gasteiger partial charge in [0.05, 0.1) is 12.9 Å². The molecule has 1 aromatic carbocycles. The number of anilines is 1. The lowest BCUT2D eigenvalue weighted by atomic mass is 10.2. The normalized spacial score (nSPS) is 10.8. The third-order valence-corrected chi connectivity index (χ3v) is 2.63. The van der Waals surface area contributed by atoms with Gasteiger partial charge in [0.2, 0.25) is 0 Å². The molecule has 3 rings (SSSR count). The largest absolute Gasteiger partial charge is 0.382 e. The van der Waals surface area contributed by atoms with Crippen molar-refractivity contribution in [3.8, 4) is 11.5 Å². The second-order valence-corrected chi connectivity index (χ2v) is 3.79. The average Bonchev–Trinajstić information content (AvgIpc) is 2.84. The van der Waals surface area contributed by atoms with Gasteiger partial charge >= 0.3 is 0 Å². The van der Waals surface area contributed by atoms with Gasteiger partial charge in [-0.2, -0.15) is 0 Å². The van der Waals surface area contributed by atoms with E-state index in [1.165, 1.54) is 11.9 Å². The molecule has 0 saturated heterocycles. The summed E-state index contributed by atoms with van der Waals surface area (Å²) in [6.45, 7) is 0.712. The molecule has 0 bridgehead atoms. The highest BCUT2D eigenvalue weighted by molar-refractivity contribution is 5.64. The molecule has 0 fully saturated rings. The minimum atomic E-state index is 0.418. The fraction of sp³-hybridized carbons (Fsp3) is 0.0833. The molecular weight excluding hydrogens is 214 g/mol. The minimum Gasteiger partial charge on any atom is -0.382 e. The molecule has 0 amide bonds. The molecule has 2 N–H and O–H groups in total. The zero-order chi connectivity index (χ0) is 11.7. The topological polar surface area (TPSA) is 69.6 Å². The highest BCUT2D eigenvalue weighted by Crippen LogP contribution is 2.21. The lowest BCUT2D eigenvalue weighted by Crippen LogP contribution is -2.09. The van der Waals surface area contributed by atoms with Gasteiger partial charge in [0.1, 0.15) is 12.0 Å². The lowest BCUT2D eigenvalue weighted by molar-refractivity contribution is 0.762. The van der Waals surface area contributed by atoms with Crippen LogP contribution in [0.1, 0.15) is 5.56 Å². The summed E-state index contributed by atoms with van der Waals surface area (Å²) in [5.41, 5.74) is 7.58. The number of nitrogens with two attached hydrogens (primary N) is 1. The van der Waals surface area contributed by atoms with Crippen LogP contribution < -0.4 is 5.73 Å². The Morgan fingerprint density at radius 2 is 1.88 bits per heavy atom. The number of hydrogen-bond donors (Lipinski definition) is 1. The van der Waals surface area contributed by atoms with E-state index in [1.54, 1.807) is 6.33 Å². The van der Waals surface area contributed by atoms with E-state index in [4.69, 9.17) is 5.73 Å². The second kappa shape index (κ2) is 3.86. The number of fused-ring (bicyclic) bond motifs is 1. The summed E-state index contributed by atoms with van der Waals surface area (Å²) in [7, 11) is 0. The van der Waals surface area contributed by atoms with Gasteiger partial charge in [0.15, 0.2) is 11.6 Å². The van der Waals surface area contributed by atoms with Gasteiger partial charge in [-0.15, -0.1) is 0 Å². The van der Waals surface area contributed by atoms with Crippen molar-refractivity contribution >= 4 is 5.82 Å². The monoisotopic (exact) mass is 225 g/mol. The zero-order valence-electron chi connectivity index (χ0n) is 9.11. The van der Waals surface area contributed by atoms with Crippen LogP contribution >= 0.6 is 0 Å². The van der Waals surface area contributed by atoms with E-state index >= 15 is 0 Å². The van der Waals surface area contributed by atoms with Crippen molar-refractivity contribution in [1.29, 1.82) is 0 Å². The molecule has 5 heteroatoms. The van der Waals surface area contributed by atoms with Crippen LogP contribution in [0.5, 0.6) is 0 Å². The Morgan fingerprint density at radius 3 is 2.71 bits per heavy atom. The van der Waals surface area contributed by atoms with Crippen LogP contribution in [-0.4, -0.2) is 19.5 Å². The maximum absolute atomic E-state index is 5.74. The Kier molecular flexibility index (Phi) is 2.22. The molecule has 5 nitrogen and oxygen atoms in total. The van der Waals surface area contributed by atoms with Gasteiger partial charge in [-0.05, 0) is 5.56 Å². The Bertz CT molecular complexity index is 602. The number of benzene rings is 1. The quantitative estimate of drug-likeness (QED) is 0.715. The molecule has 0 spiro atoms. The fourth-order valence-electron chi connectivity index (χ4n) is 1.79. The number of imidazole rings is 1. The number of rotatable bonds is 2. The number of nitrogen functional groups attached to an aromatic ring is 1. The Hall–Kier alpha value is -2.43. The first-order valence-electron chi connectivity index (χ1n) is 5.30. The molecule has 0 saturated carbocycles. The van der Waals surface area contributed by atoms with Gasteiger partial charge in [-0.1, -0.05) is 30.3 Å². The van der Waals surface area contributed by atoms with Crippen LogP contribution in [0.4, 0.5) is 5.82 Å². The number of nitrogens with zero attached hydrogens (tertiary/aromatic N) is 4. The van der Waals surface area contributed by atoms with Crippen molar-refractivity contribution in [3.05, 3.63) is 48.5 Å². The van der Waals surface area contributed by atoms with Crippen LogP contribution in [0.15, 0.2) is 43.0 Å². The first-order chi connectivity index (χ1) is 8.34. The number of hydrogen-bond acceptors (Lipinski definition) is 4. The molecule has 17 heavy (non-hydrogen) atoms. The minimum absolute atomic E-state index is 0.418. The molecule has 2 heterocycles. The van der Waals surface area contributed by atoms with Crippen molar-refractivity contribution in [2.24, 2.45) is 0 Å². The molecule has 2 aliphatic heterocycles. The molecule has 84 valence electrons. The van der Waals surface area contributed by atoms with Crippen molar-refractivity contribution in [2.75, 3.05) is 5.73 Å². The Morgan fingerprint density at radius 1 is 1.06 bits per heavy atom. The summed E-state index contributed by atoms with van der Waals surface area (Å²) < 4.78 is 1.94. The Labute approximate surface area is 98.3 Å². The van der Waals surface area contributed by atoms with Crippen LogP contribution in [0.2, 0.25) is 0 Å². The van der Waals surface area contributed by atoms with Crippen LogP contribution in [0, 0.1) is 0 Å². The predicted molar refractivity (Wildman–Crippen MR) is 64.4 cm³/mol. The second-order valence-electron chi connectivity index (χ2n) is 3.79. The Balaban J connectivity index is 2.02. The van der Waals surface area contributed by atoms with E-state index < -0.39 is 0 Å². The van der Waals surface area contributed by atoms with Gasteiger partial charge in [0.25, 0.3) is 0 Å². The third kappa shape index (κ3) is 1.71. The lowest BCUT2D eigenvalue weighted by Gasteiger charge is -2.11. The van der Waals surface area contributed by atoms with E-state index in [2.05, 4.69) is 27.1 Å². The summed E-state index contributed by atoms with van der Waals surface area (Å²) >= 11 is 0. The van der Waals surface area contributed by atoms with Gasteiger partial charge in [-0.3, -0.25) is 0 Å². The summed E-state index contributed by atoms with van der Waals surface area (Å²) in [5, 5.41) is 0. The summed E-state index contributed by atoms with van der Waals surface area (Å²) in [6, 6.07) is 10.1. The first kappa shape index (κ1) is 9.77. The molecule has 1 aromatic rings. The highest BCUT2D eigenvalue weighted by atomic mass is 15.1. The van der Waals surface area contributed by atoms with E-state index in [-0.39, 0.29) is 0 Å².